The molecule has 1 aromatic heterocycles. The molecule has 0 saturated carbocycles. The second-order valence-corrected chi connectivity index (χ2v) is 15.9. The maximum atomic E-state index is 11.5. The van der Waals surface area contributed by atoms with Gasteiger partial charge >= 0.3 is 0 Å². The number of nitriles is 1. The van der Waals surface area contributed by atoms with Crippen LogP contribution in [0.15, 0.2) is 249 Å². The van der Waals surface area contributed by atoms with Crippen LogP contribution in [0.4, 0.5) is 17.1 Å². The highest BCUT2D eigenvalue weighted by Gasteiger charge is 2.30. The van der Waals surface area contributed by atoms with Crippen LogP contribution in [0.1, 0.15) is 5.56 Å². The van der Waals surface area contributed by atoms with Crippen molar-refractivity contribution in [2.45, 2.75) is 0 Å². The van der Waals surface area contributed by atoms with Gasteiger partial charge in [0, 0.05) is 50.0 Å². The highest BCUT2D eigenvalue weighted by molar-refractivity contribution is 6.14. The van der Waals surface area contributed by atoms with Gasteiger partial charge in [-0.2, -0.15) is 5.26 Å². The Kier molecular flexibility index (Phi) is 9.93. The Balaban J connectivity index is 1.27. The first-order valence-corrected chi connectivity index (χ1v) is 21.7. The molecule has 0 fully saturated rings. The fourth-order valence-corrected chi connectivity index (χ4v) is 9.51. The molecule has 11 aromatic rings. The van der Waals surface area contributed by atoms with E-state index in [0.29, 0.717) is 5.56 Å². The summed E-state index contributed by atoms with van der Waals surface area (Å²) in [7, 11) is 0. The topological polar surface area (TPSA) is 32.0 Å². The second kappa shape index (κ2) is 16.6. The van der Waals surface area contributed by atoms with Crippen LogP contribution in [0.3, 0.4) is 0 Å². The van der Waals surface area contributed by atoms with Gasteiger partial charge in [-0.05, 0) is 76.3 Å². The molecule has 64 heavy (non-hydrogen) atoms. The Bertz CT molecular complexity index is 3320. The summed E-state index contributed by atoms with van der Waals surface area (Å²) in [5.41, 5.74) is 17.2. The average Bonchev–Trinajstić information content (AvgIpc) is 3.70. The summed E-state index contributed by atoms with van der Waals surface area (Å²) in [6, 6.07) is 90.4. The highest BCUT2D eigenvalue weighted by atomic mass is 15.1. The van der Waals surface area contributed by atoms with Crippen LogP contribution in [-0.2, 0) is 0 Å². The molecule has 3 nitrogen and oxygen atoms in total. The van der Waals surface area contributed by atoms with Gasteiger partial charge in [0.1, 0.15) is 6.07 Å². The van der Waals surface area contributed by atoms with Crippen LogP contribution in [0.2, 0.25) is 0 Å². The summed E-state index contributed by atoms with van der Waals surface area (Å²) in [4.78, 5) is 2.34. The Morgan fingerprint density at radius 1 is 0.344 bits per heavy atom. The second-order valence-electron chi connectivity index (χ2n) is 15.9. The predicted molar refractivity (Wildman–Crippen MR) is 267 cm³/mol. The van der Waals surface area contributed by atoms with Gasteiger partial charge in [-0.3, -0.25) is 0 Å². The molecule has 11 rings (SSSR count). The smallest absolute Gasteiger partial charge is 0.100 e. The Labute approximate surface area is 373 Å². The van der Waals surface area contributed by atoms with E-state index in [9.17, 15) is 5.26 Å². The van der Waals surface area contributed by atoms with Gasteiger partial charge in [0.05, 0.1) is 28.0 Å². The summed E-state index contributed by atoms with van der Waals surface area (Å²) < 4.78 is 2.46. The van der Waals surface area contributed by atoms with Crippen molar-refractivity contribution in [1.29, 1.82) is 5.26 Å². The van der Waals surface area contributed by atoms with E-state index in [4.69, 9.17) is 0 Å². The Morgan fingerprint density at radius 2 is 0.750 bits per heavy atom. The molecule has 10 aromatic carbocycles. The molecule has 0 N–H and O–H groups in total. The normalized spacial score (nSPS) is 11.1. The molecule has 0 atom stereocenters. The molecule has 0 saturated heterocycles. The molecule has 0 spiro atoms. The molecule has 0 aliphatic rings. The van der Waals surface area contributed by atoms with E-state index in [1.54, 1.807) is 0 Å². The van der Waals surface area contributed by atoms with Crippen LogP contribution >= 0.6 is 0 Å². The summed E-state index contributed by atoms with van der Waals surface area (Å²) in [5, 5.41) is 13.8. The van der Waals surface area contributed by atoms with Crippen LogP contribution < -0.4 is 4.90 Å². The third-order valence-corrected chi connectivity index (χ3v) is 12.2. The van der Waals surface area contributed by atoms with Gasteiger partial charge in [0.15, 0.2) is 0 Å². The molecule has 0 bridgehead atoms. The van der Waals surface area contributed by atoms with E-state index in [1.807, 2.05) is 12.1 Å². The first-order valence-electron chi connectivity index (χ1n) is 21.7. The maximum Gasteiger partial charge on any atom is 0.100 e. The first-order chi connectivity index (χ1) is 31.8. The van der Waals surface area contributed by atoms with Crippen molar-refractivity contribution >= 4 is 38.9 Å². The molecule has 0 aliphatic carbocycles. The number of anilines is 3. The van der Waals surface area contributed by atoms with E-state index >= 15 is 0 Å². The van der Waals surface area contributed by atoms with Crippen LogP contribution in [0.25, 0.3) is 83.1 Å². The lowest BCUT2D eigenvalue weighted by molar-refractivity contribution is 1.18. The molecular weight excluding hydrogens is 775 g/mol. The first kappa shape index (κ1) is 38.2. The number of rotatable bonds is 9. The lowest BCUT2D eigenvalue weighted by Gasteiger charge is -2.28. The van der Waals surface area contributed by atoms with E-state index in [2.05, 4.69) is 252 Å². The quantitative estimate of drug-likeness (QED) is 0.145. The fraction of sp³-hybridized carbons (Fsp3) is 0. The number of fused-ring (bicyclic) bond motifs is 3. The van der Waals surface area contributed by atoms with Gasteiger partial charge in [-0.25, -0.2) is 0 Å². The highest BCUT2D eigenvalue weighted by Crippen LogP contribution is 2.52. The van der Waals surface area contributed by atoms with Crippen molar-refractivity contribution in [1.82, 2.24) is 4.57 Å². The van der Waals surface area contributed by atoms with Crippen molar-refractivity contribution in [3.05, 3.63) is 254 Å². The third kappa shape index (κ3) is 6.63. The Morgan fingerprint density at radius 3 is 1.25 bits per heavy atom. The average molecular weight is 816 g/mol. The van der Waals surface area contributed by atoms with Gasteiger partial charge in [-0.15, -0.1) is 0 Å². The molecule has 0 unspecified atom stereocenters. The minimum atomic E-state index is 0.639. The van der Waals surface area contributed by atoms with E-state index < -0.39 is 0 Å². The van der Waals surface area contributed by atoms with Crippen molar-refractivity contribution in [3.63, 3.8) is 0 Å². The van der Waals surface area contributed by atoms with Crippen LogP contribution in [-0.4, -0.2) is 4.57 Å². The van der Waals surface area contributed by atoms with Gasteiger partial charge < -0.3 is 9.47 Å². The molecule has 0 amide bonds. The Hall–Kier alpha value is -8.71. The number of aromatic nitrogens is 1. The third-order valence-electron chi connectivity index (χ3n) is 12.2. The summed E-state index contributed by atoms with van der Waals surface area (Å²) in [6.07, 6.45) is 0. The van der Waals surface area contributed by atoms with Crippen molar-refractivity contribution in [2.24, 2.45) is 0 Å². The van der Waals surface area contributed by atoms with Gasteiger partial charge in [0.25, 0.3) is 0 Å². The summed E-state index contributed by atoms with van der Waals surface area (Å²) in [5.74, 6) is 0. The van der Waals surface area contributed by atoms with Crippen molar-refractivity contribution in [2.75, 3.05) is 4.90 Å². The zero-order chi connectivity index (χ0) is 42.8. The van der Waals surface area contributed by atoms with Gasteiger partial charge in [0.2, 0.25) is 0 Å². The lowest BCUT2D eigenvalue weighted by Crippen LogP contribution is -2.10. The van der Waals surface area contributed by atoms with Crippen LogP contribution in [0, 0.1) is 11.3 Å². The molecule has 3 heteroatoms. The number of para-hydroxylation sites is 4. The van der Waals surface area contributed by atoms with E-state index in [1.165, 1.54) is 0 Å². The number of hydrogen-bond donors (Lipinski definition) is 0. The fourth-order valence-electron chi connectivity index (χ4n) is 9.51. The number of benzene rings is 10. The minimum absolute atomic E-state index is 0.639. The van der Waals surface area contributed by atoms with E-state index in [-0.39, 0.29) is 0 Å². The summed E-state index contributed by atoms with van der Waals surface area (Å²) >= 11 is 0. The summed E-state index contributed by atoms with van der Waals surface area (Å²) in [6.45, 7) is 0. The minimum Gasteiger partial charge on any atom is -0.310 e. The largest absolute Gasteiger partial charge is 0.310 e. The molecule has 300 valence electrons. The van der Waals surface area contributed by atoms with Gasteiger partial charge in [-0.1, -0.05) is 200 Å². The molecule has 0 aliphatic heterocycles. The van der Waals surface area contributed by atoms with Crippen molar-refractivity contribution < 1.29 is 0 Å². The molecule has 0 radical (unpaired) electrons. The standard InChI is InChI=1S/C61H41N3/c62-42-53-57(43-23-7-1-8-24-43)59(45-27-11-3-12-28-45)61(60(46-29-13-4-14-30-46)58(53)44-25-9-2-10-26-44)64-55-38-22-20-36-51(55)52-41-47(39-40-56(52)64)50-35-19-21-37-54(50)63(48-31-15-5-16-32-48)49-33-17-6-18-34-49/h1-41H. The SMILES string of the molecule is N#Cc1c(-c2ccccc2)c(-c2ccccc2)c(-n2c3ccccc3c3cc(-c4ccccc4N(c4ccccc4)c4ccccc4)ccc32)c(-c2ccccc2)c1-c1ccccc1. The predicted octanol–water partition coefficient (Wildman–Crippen LogP) is 16.5. The van der Waals surface area contributed by atoms with Crippen molar-refractivity contribution in [3.8, 4) is 67.4 Å². The number of nitrogens with zero attached hydrogens (tertiary/aromatic N) is 3. The number of hydrogen-bond acceptors (Lipinski definition) is 2. The zero-order valence-electron chi connectivity index (χ0n) is 35.0. The molecule has 1 heterocycles. The van der Waals surface area contributed by atoms with Crippen LogP contribution in [0.5, 0.6) is 0 Å². The monoisotopic (exact) mass is 815 g/mol. The maximum absolute atomic E-state index is 11.5. The zero-order valence-corrected chi connectivity index (χ0v) is 35.0. The molecular formula is C61H41N3. The lowest BCUT2D eigenvalue weighted by atomic mass is 9.79. The van der Waals surface area contributed by atoms with E-state index in [0.717, 1.165) is 100 Å².